The number of amides is 1. The van der Waals surface area contributed by atoms with Crippen LogP contribution in [-0.4, -0.2) is 37.6 Å². The molecular formula is C28H31NO3. The highest BCUT2D eigenvalue weighted by atomic mass is 16.5. The van der Waals surface area contributed by atoms with Crippen LogP contribution in [0.1, 0.15) is 24.8 Å². The molecule has 166 valence electrons. The van der Waals surface area contributed by atoms with E-state index in [0.29, 0.717) is 5.92 Å². The molecule has 1 heterocycles. The SMILES string of the molecule is COc1cccc(CCC2CCN(C(=O)COc3ccccc3-c3ccccc3)CC2)c1. The molecule has 0 spiro atoms. The number of ether oxygens (including phenoxy) is 2. The highest BCUT2D eigenvalue weighted by molar-refractivity contribution is 5.78. The van der Waals surface area contributed by atoms with E-state index in [1.807, 2.05) is 59.5 Å². The highest BCUT2D eigenvalue weighted by Gasteiger charge is 2.23. The molecule has 1 fully saturated rings. The Morgan fingerprint density at radius 3 is 2.47 bits per heavy atom. The van der Waals surface area contributed by atoms with Gasteiger partial charge >= 0.3 is 0 Å². The summed E-state index contributed by atoms with van der Waals surface area (Å²) in [5, 5.41) is 0. The molecular weight excluding hydrogens is 398 g/mol. The van der Waals surface area contributed by atoms with Gasteiger partial charge in [0, 0.05) is 18.7 Å². The lowest BCUT2D eigenvalue weighted by Gasteiger charge is -2.32. The summed E-state index contributed by atoms with van der Waals surface area (Å²) in [7, 11) is 1.70. The van der Waals surface area contributed by atoms with Crippen molar-refractivity contribution in [3.05, 3.63) is 84.4 Å². The van der Waals surface area contributed by atoms with Crippen LogP contribution in [0.5, 0.6) is 11.5 Å². The van der Waals surface area contributed by atoms with Crippen molar-refractivity contribution in [3.8, 4) is 22.6 Å². The maximum absolute atomic E-state index is 12.8. The third kappa shape index (κ3) is 5.70. The van der Waals surface area contributed by atoms with Crippen LogP contribution in [0.3, 0.4) is 0 Å². The fourth-order valence-corrected chi connectivity index (χ4v) is 4.35. The maximum Gasteiger partial charge on any atom is 0.260 e. The van der Waals surface area contributed by atoms with Gasteiger partial charge in [-0.3, -0.25) is 4.79 Å². The average molecular weight is 430 g/mol. The van der Waals surface area contributed by atoms with Crippen molar-refractivity contribution in [2.75, 3.05) is 26.8 Å². The number of hydrogen-bond acceptors (Lipinski definition) is 3. The van der Waals surface area contributed by atoms with Gasteiger partial charge in [0.05, 0.1) is 7.11 Å². The molecule has 0 aliphatic carbocycles. The fraction of sp³-hybridized carbons (Fsp3) is 0.321. The monoisotopic (exact) mass is 429 g/mol. The van der Waals surface area contributed by atoms with E-state index in [1.54, 1.807) is 7.11 Å². The van der Waals surface area contributed by atoms with Crippen molar-refractivity contribution in [1.82, 2.24) is 4.90 Å². The molecule has 1 amide bonds. The summed E-state index contributed by atoms with van der Waals surface area (Å²) in [5.74, 6) is 2.39. The van der Waals surface area contributed by atoms with Crippen molar-refractivity contribution in [3.63, 3.8) is 0 Å². The molecule has 3 aromatic carbocycles. The minimum atomic E-state index is 0.0686. The number of methoxy groups -OCH3 is 1. The van der Waals surface area contributed by atoms with E-state index in [0.717, 1.165) is 61.4 Å². The summed E-state index contributed by atoms with van der Waals surface area (Å²) < 4.78 is 11.3. The lowest BCUT2D eigenvalue weighted by molar-refractivity contribution is -0.134. The molecule has 0 N–H and O–H groups in total. The minimum Gasteiger partial charge on any atom is -0.497 e. The molecule has 1 aliphatic rings. The third-order valence-electron chi connectivity index (χ3n) is 6.27. The molecule has 0 radical (unpaired) electrons. The van der Waals surface area contributed by atoms with Crippen LogP contribution in [0, 0.1) is 5.92 Å². The summed E-state index contributed by atoms with van der Waals surface area (Å²) in [6.07, 6.45) is 4.30. The van der Waals surface area contributed by atoms with Crippen molar-refractivity contribution in [2.24, 2.45) is 5.92 Å². The van der Waals surface area contributed by atoms with E-state index in [1.165, 1.54) is 5.56 Å². The maximum atomic E-state index is 12.8. The van der Waals surface area contributed by atoms with Gasteiger partial charge < -0.3 is 14.4 Å². The number of aryl methyl sites for hydroxylation is 1. The number of carbonyl (C=O) groups is 1. The van der Waals surface area contributed by atoms with Gasteiger partial charge in [-0.25, -0.2) is 0 Å². The van der Waals surface area contributed by atoms with E-state index in [-0.39, 0.29) is 12.5 Å². The Kier molecular flexibility index (Phi) is 7.44. The first-order chi connectivity index (χ1) is 15.7. The largest absolute Gasteiger partial charge is 0.497 e. The summed E-state index contributed by atoms with van der Waals surface area (Å²) in [5.41, 5.74) is 3.41. The zero-order chi connectivity index (χ0) is 22.2. The zero-order valence-corrected chi connectivity index (χ0v) is 18.7. The van der Waals surface area contributed by atoms with Crippen LogP contribution in [0.25, 0.3) is 11.1 Å². The summed E-state index contributed by atoms with van der Waals surface area (Å²) >= 11 is 0. The topological polar surface area (TPSA) is 38.8 Å². The third-order valence-corrected chi connectivity index (χ3v) is 6.27. The van der Waals surface area contributed by atoms with Crippen LogP contribution < -0.4 is 9.47 Å². The predicted octanol–water partition coefficient (Wildman–Crippen LogP) is 5.61. The lowest BCUT2D eigenvalue weighted by Crippen LogP contribution is -2.41. The Bertz CT molecular complexity index is 1010. The van der Waals surface area contributed by atoms with Crippen molar-refractivity contribution in [1.29, 1.82) is 0 Å². The van der Waals surface area contributed by atoms with Gasteiger partial charge in [0.2, 0.25) is 0 Å². The molecule has 0 saturated carbocycles. The average Bonchev–Trinajstić information content (AvgIpc) is 2.87. The van der Waals surface area contributed by atoms with Crippen LogP contribution in [0.15, 0.2) is 78.9 Å². The smallest absolute Gasteiger partial charge is 0.260 e. The lowest BCUT2D eigenvalue weighted by atomic mass is 9.90. The Balaban J connectivity index is 1.25. The predicted molar refractivity (Wildman–Crippen MR) is 128 cm³/mol. The Hall–Kier alpha value is -3.27. The van der Waals surface area contributed by atoms with Crippen LogP contribution in [0.2, 0.25) is 0 Å². The number of benzene rings is 3. The summed E-state index contributed by atoms with van der Waals surface area (Å²) in [6, 6.07) is 26.3. The number of rotatable bonds is 8. The number of nitrogens with zero attached hydrogens (tertiary/aromatic N) is 1. The van der Waals surface area contributed by atoms with Gasteiger partial charge in [0.15, 0.2) is 6.61 Å². The van der Waals surface area contributed by atoms with Crippen LogP contribution >= 0.6 is 0 Å². The second-order valence-electron chi connectivity index (χ2n) is 8.37. The van der Waals surface area contributed by atoms with E-state index in [4.69, 9.17) is 9.47 Å². The number of likely N-dealkylation sites (tertiary alicyclic amines) is 1. The number of hydrogen-bond donors (Lipinski definition) is 0. The van der Waals surface area contributed by atoms with Gasteiger partial charge in [-0.1, -0.05) is 60.7 Å². The van der Waals surface area contributed by atoms with Gasteiger partial charge in [0.1, 0.15) is 11.5 Å². The second-order valence-corrected chi connectivity index (χ2v) is 8.37. The first kappa shape index (κ1) is 21.9. The molecule has 0 aromatic heterocycles. The Morgan fingerprint density at radius 2 is 1.69 bits per heavy atom. The fourth-order valence-electron chi connectivity index (χ4n) is 4.35. The molecule has 4 nitrogen and oxygen atoms in total. The van der Waals surface area contributed by atoms with Crippen LogP contribution in [-0.2, 0) is 11.2 Å². The quantitative estimate of drug-likeness (QED) is 0.467. The summed E-state index contributed by atoms with van der Waals surface area (Å²) in [6.45, 7) is 1.70. The Morgan fingerprint density at radius 1 is 0.938 bits per heavy atom. The molecule has 1 saturated heterocycles. The first-order valence-corrected chi connectivity index (χ1v) is 11.4. The second kappa shape index (κ2) is 10.9. The van der Waals surface area contributed by atoms with Crippen molar-refractivity contribution >= 4 is 5.91 Å². The molecule has 4 rings (SSSR count). The van der Waals surface area contributed by atoms with Crippen molar-refractivity contribution < 1.29 is 14.3 Å². The van der Waals surface area contributed by atoms with E-state index >= 15 is 0 Å². The van der Waals surface area contributed by atoms with Crippen LogP contribution in [0.4, 0.5) is 0 Å². The minimum absolute atomic E-state index is 0.0686. The highest BCUT2D eigenvalue weighted by Crippen LogP contribution is 2.30. The van der Waals surface area contributed by atoms with E-state index in [9.17, 15) is 4.79 Å². The molecule has 4 heteroatoms. The van der Waals surface area contributed by atoms with Gasteiger partial charge in [-0.05, 0) is 60.9 Å². The van der Waals surface area contributed by atoms with Gasteiger partial charge in [-0.2, -0.15) is 0 Å². The number of piperidine rings is 1. The van der Waals surface area contributed by atoms with Crippen molar-refractivity contribution in [2.45, 2.75) is 25.7 Å². The standard InChI is InChI=1S/C28H31NO3/c1-31-25-11-7-8-23(20-25)15-14-22-16-18-29(19-17-22)28(30)21-32-27-13-6-5-12-26(27)24-9-3-2-4-10-24/h2-13,20,22H,14-19,21H2,1H3. The van der Waals surface area contributed by atoms with Gasteiger partial charge in [-0.15, -0.1) is 0 Å². The number of carbonyl (C=O) groups excluding carboxylic acids is 1. The Labute approximate surface area is 190 Å². The molecule has 0 unspecified atom stereocenters. The molecule has 3 aromatic rings. The van der Waals surface area contributed by atoms with E-state index < -0.39 is 0 Å². The molecule has 32 heavy (non-hydrogen) atoms. The summed E-state index contributed by atoms with van der Waals surface area (Å²) in [4.78, 5) is 14.7. The normalized spacial score (nSPS) is 14.2. The van der Waals surface area contributed by atoms with Gasteiger partial charge in [0.25, 0.3) is 5.91 Å². The number of para-hydroxylation sites is 1. The zero-order valence-electron chi connectivity index (χ0n) is 18.7. The molecule has 1 aliphatic heterocycles. The molecule has 0 bridgehead atoms. The first-order valence-electron chi connectivity index (χ1n) is 11.4. The molecule has 0 atom stereocenters. The van der Waals surface area contributed by atoms with E-state index in [2.05, 4.69) is 24.3 Å².